The molecule has 0 unspecified atom stereocenters. The molecule has 0 aliphatic heterocycles. The van der Waals surface area contributed by atoms with Crippen LogP contribution in [0.3, 0.4) is 0 Å². The summed E-state index contributed by atoms with van der Waals surface area (Å²) in [6, 6.07) is 10.2. The molecule has 5 N–H and O–H groups in total. The molecule has 0 radical (unpaired) electrons. The molecular weight excluding hydrogens is 376 g/mol. The maximum Gasteiger partial charge on any atom is 0.336 e. The first-order chi connectivity index (χ1) is 13.0. The second kappa shape index (κ2) is 9.48. The van der Waals surface area contributed by atoms with Crippen molar-refractivity contribution in [2.75, 3.05) is 0 Å². The van der Waals surface area contributed by atoms with Gasteiger partial charge < -0.3 is 25.5 Å². The number of hydrogen-bond donors (Lipinski definition) is 5. The second-order valence-corrected chi connectivity index (χ2v) is 5.22. The first-order valence-corrected chi connectivity index (χ1v) is 7.41. The highest BCUT2D eigenvalue weighted by Crippen LogP contribution is 2.18. The molecule has 0 bridgehead atoms. The standard InChI is InChI=1S/C10H6O8.C8H8O2/c11-7(12)3-1-4(8(13)14)6(10(17)18)2-5(3)9(15)16;9-8(10)6-7-4-2-1-3-5-7/h1-2H,(H,11,12)(H,13,14)(H,15,16)(H,17,18);1-5H,6H2,(H,9,10). The van der Waals surface area contributed by atoms with Gasteiger partial charge in [-0.15, -0.1) is 0 Å². The van der Waals surface area contributed by atoms with Crippen LogP contribution < -0.4 is 0 Å². The second-order valence-electron chi connectivity index (χ2n) is 5.22. The van der Waals surface area contributed by atoms with Gasteiger partial charge >= 0.3 is 29.8 Å². The van der Waals surface area contributed by atoms with Gasteiger partial charge in [-0.2, -0.15) is 0 Å². The van der Waals surface area contributed by atoms with Crippen LogP contribution in [-0.2, 0) is 11.2 Å². The largest absolute Gasteiger partial charge is 0.481 e. The fraction of sp³-hybridized carbons (Fsp3) is 0.0556. The van der Waals surface area contributed by atoms with Crippen LogP contribution in [0.1, 0.15) is 47.0 Å². The van der Waals surface area contributed by atoms with Gasteiger partial charge in [0.1, 0.15) is 0 Å². The van der Waals surface area contributed by atoms with Crippen LogP contribution in [0.25, 0.3) is 0 Å². The van der Waals surface area contributed by atoms with Gasteiger partial charge in [-0.3, -0.25) is 4.79 Å². The summed E-state index contributed by atoms with van der Waals surface area (Å²) in [4.78, 5) is 53.3. The Morgan fingerprint density at radius 2 is 0.893 bits per heavy atom. The van der Waals surface area contributed by atoms with E-state index in [-0.39, 0.29) is 6.42 Å². The van der Waals surface area contributed by atoms with E-state index in [1.54, 1.807) is 12.1 Å². The molecule has 0 aliphatic rings. The summed E-state index contributed by atoms with van der Waals surface area (Å²) in [7, 11) is 0. The minimum absolute atomic E-state index is 0.112. The number of benzene rings is 2. The van der Waals surface area contributed by atoms with Crippen molar-refractivity contribution in [1.82, 2.24) is 0 Å². The zero-order valence-electron chi connectivity index (χ0n) is 14.0. The van der Waals surface area contributed by atoms with Gasteiger partial charge in [-0.25, -0.2) is 19.2 Å². The van der Waals surface area contributed by atoms with Crippen molar-refractivity contribution in [1.29, 1.82) is 0 Å². The normalized spacial score (nSPS) is 9.57. The van der Waals surface area contributed by atoms with E-state index >= 15 is 0 Å². The minimum Gasteiger partial charge on any atom is -0.481 e. The molecule has 146 valence electrons. The molecule has 0 heterocycles. The summed E-state index contributed by atoms with van der Waals surface area (Å²) < 4.78 is 0. The molecule has 0 saturated heterocycles. The van der Waals surface area contributed by atoms with Crippen LogP contribution in [0.4, 0.5) is 0 Å². The lowest BCUT2D eigenvalue weighted by atomic mass is 9.98. The molecule has 10 nitrogen and oxygen atoms in total. The molecule has 0 atom stereocenters. The van der Waals surface area contributed by atoms with Crippen LogP contribution in [0.15, 0.2) is 42.5 Å². The zero-order chi connectivity index (χ0) is 21.4. The third-order valence-corrected chi connectivity index (χ3v) is 3.28. The summed E-state index contributed by atoms with van der Waals surface area (Å²) >= 11 is 0. The van der Waals surface area contributed by atoms with Gasteiger partial charge in [0.2, 0.25) is 0 Å². The van der Waals surface area contributed by atoms with Gasteiger partial charge in [0, 0.05) is 0 Å². The summed E-state index contributed by atoms with van der Waals surface area (Å²) in [5.74, 6) is -7.43. The van der Waals surface area contributed by atoms with E-state index in [0.29, 0.717) is 12.1 Å². The summed E-state index contributed by atoms with van der Waals surface area (Å²) in [5, 5.41) is 43.4. The average Bonchev–Trinajstić information content (AvgIpc) is 2.61. The molecule has 2 rings (SSSR count). The zero-order valence-corrected chi connectivity index (χ0v) is 14.0. The van der Waals surface area contributed by atoms with Crippen molar-refractivity contribution in [3.05, 3.63) is 70.3 Å². The highest BCUT2D eigenvalue weighted by molar-refractivity contribution is 6.09. The first-order valence-electron chi connectivity index (χ1n) is 7.41. The average molecular weight is 390 g/mol. The summed E-state index contributed by atoms with van der Waals surface area (Å²) in [6.07, 6.45) is 0.112. The number of aromatic carboxylic acids is 4. The van der Waals surface area contributed by atoms with Crippen LogP contribution in [0, 0.1) is 0 Å². The van der Waals surface area contributed by atoms with E-state index in [1.165, 1.54) is 0 Å². The summed E-state index contributed by atoms with van der Waals surface area (Å²) in [6.45, 7) is 0. The highest BCUT2D eigenvalue weighted by atomic mass is 16.4. The highest BCUT2D eigenvalue weighted by Gasteiger charge is 2.24. The number of carboxylic acid groups (broad SMARTS) is 5. The SMILES string of the molecule is O=C(O)Cc1ccccc1.O=C(O)c1cc(C(=O)O)c(C(=O)O)cc1C(=O)O. The Hall–Kier alpha value is -4.21. The number of carbonyl (C=O) groups is 5. The summed E-state index contributed by atoms with van der Waals surface area (Å²) in [5.41, 5.74) is -2.31. The van der Waals surface area contributed by atoms with Crippen LogP contribution in [0.5, 0.6) is 0 Å². The number of aliphatic carboxylic acids is 1. The van der Waals surface area contributed by atoms with E-state index in [4.69, 9.17) is 25.5 Å². The fourth-order valence-electron chi connectivity index (χ4n) is 2.08. The van der Waals surface area contributed by atoms with Crippen molar-refractivity contribution in [2.45, 2.75) is 6.42 Å². The van der Waals surface area contributed by atoms with Crippen molar-refractivity contribution >= 4 is 29.8 Å². The minimum atomic E-state index is -1.66. The van der Waals surface area contributed by atoms with Gasteiger partial charge in [0.25, 0.3) is 0 Å². The van der Waals surface area contributed by atoms with E-state index in [1.807, 2.05) is 18.2 Å². The van der Waals surface area contributed by atoms with Gasteiger partial charge in [-0.1, -0.05) is 30.3 Å². The van der Waals surface area contributed by atoms with E-state index in [9.17, 15) is 24.0 Å². The molecule has 0 amide bonds. The van der Waals surface area contributed by atoms with E-state index in [0.717, 1.165) is 5.56 Å². The van der Waals surface area contributed by atoms with Gasteiger partial charge in [-0.05, 0) is 17.7 Å². The van der Waals surface area contributed by atoms with Crippen molar-refractivity contribution < 1.29 is 49.5 Å². The lowest BCUT2D eigenvalue weighted by Gasteiger charge is -2.06. The Morgan fingerprint density at radius 1 is 0.571 bits per heavy atom. The Bertz CT molecular complexity index is 833. The fourth-order valence-corrected chi connectivity index (χ4v) is 2.08. The lowest BCUT2D eigenvalue weighted by molar-refractivity contribution is -0.136. The van der Waals surface area contributed by atoms with Crippen LogP contribution >= 0.6 is 0 Å². The van der Waals surface area contributed by atoms with Crippen molar-refractivity contribution in [2.24, 2.45) is 0 Å². The molecule has 10 heteroatoms. The smallest absolute Gasteiger partial charge is 0.336 e. The van der Waals surface area contributed by atoms with E-state index < -0.39 is 52.1 Å². The van der Waals surface area contributed by atoms with E-state index in [2.05, 4.69) is 0 Å². The van der Waals surface area contributed by atoms with Crippen molar-refractivity contribution in [3.8, 4) is 0 Å². The van der Waals surface area contributed by atoms with Gasteiger partial charge in [0.15, 0.2) is 0 Å². The molecular formula is C18H14O10. The lowest BCUT2D eigenvalue weighted by Crippen LogP contribution is -2.15. The molecule has 28 heavy (non-hydrogen) atoms. The third kappa shape index (κ3) is 5.95. The topological polar surface area (TPSA) is 186 Å². The quantitative estimate of drug-likeness (QED) is 0.486. The molecule has 0 saturated carbocycles. The Morgan fingerprint density at radius 3 is 1.14 bits per heavy atom. The monoisotopic (exact) mass is 390 g/mol. The Labute approximate surface area is 156 Å². The predicted octanol–water partition coefficient (Wildman–Crippen LogP) is 1.79. The molecule has 2 aromatic carbocycles. The first kappa shape index (κ1) is 21.8. The van der Waals surface area contributed by atoms with Crippen LogP contribution in [0.2, 0.25) is 0 Å². The van der Waals surface area contributed by atoms with Crippen LogP contribution in [-0.4, -0.2) is 55.4 Å². The molecule has 0 spiro atoms. The Kier molecular flexibility index (Phi) is 7.39. The van der Waals surface area contributed by atoms with Crippen molar-refractivity contribution in [3.63, 3.8) is 0 Å². The molecule has 0 aliphatic carbocycles. The van der Waals surface area contributed by atoms with Gasteiger partial charge in [0.05, 0.1) is 28.7 Å². The maximum atomic E-state index is 10.8. The number of rotatable bonds is 6. The molecule has 2 aromatic rings. The molecule has 0 fully saturated rings. The maximum absolute atomic E-state index is 10.8. The Balaban J connectivity index is 0.000000330. The predicted molar refractivity (Wildman–Crippen MR) is 92.1 cm³/mol. The number of carboxylic acids is 5. The number of hydrogen-bond acceptors (Lipinski definition) is 5. The molecule has 0 aromatic heterocycles. The third-order valence-electron chi connectivity index (χ3n) is 3.28.